The molecule has 3 unspecified atom stereocenters. The van der Waals surface area contributed by atoms with Gasteiger partial charge in [-0.05, 0) is 44.2 Å². The highest BCUT2D eigenvalue weighted by molar-refractivity contribution is 5.13. The predicted octanol–water partition coefficient (Wildman–Crippen LogP) is 2.69. The van der Waals surface area contributed by atoms with E-state index in [1.54, 1.807) is 0 Å². The van der Waals surface area contributed by atoms with Crippen molar-refractivity contribution in [1.29, 1.82) is 0 Å². The number of rotatable bonds is 4. The molecule has 1 aromatic heterocycles. The normalized spacial score (nSPS) is 26.7. The van der Waals surface area contributed by atoms with E-state index in [1.165, 1.54) is 24.8 Å². The van der Waals surface area contributed by atoms with Crippen molar-refractivity contribution in [1.82, 2.24) is 10.3 Å². The molecule has 1 heterocycles. The van der Waals surface area contributed by atoms with Gasteiger partial charge in [0.15, 0.2) is 0 Å². The lowest BCUT2D eigenvalue weighted by molar-refractivity contribution is 0.0572. The molecule has 3 nitrogen and oxygen atoms in total. The molecule has 94 valence electrons. The Morgan fingerprint density at radius 1 is 1.47 bits per heavy atom. The summed E-state index contributed by atoms with van der Waals surface area (Å²) in [6.07, 6.45) is 9.03. The topological polar surface area (TPSA) is 34.1 Å². The first-order chi connectivity index (χ1) is 8.29. The molecular weight excluding hydrogens is 212 g/mol. The van der Waals surface area contributed by atoms with Crippen LogP contribution in [-0.2, 0) is 4.74 Å². The standard InChI is InChI=1S/C14H22N2O/c1-11(12-5-4-8-15-10-12)16-13-6-3-7-14(9-13)17-2/h4-5,8,10-11,13-14,16H,3,6-7,9H2,1-2H3. The van der Waals surface area contributed by atoms with Crippen LogP contribution in [0.1, 0.15) is 44.2 Å². The minimum atomic E-state index is 0.365. The van der Waals surface area contributed by atoms with Gasteiger partial charge in [-0.25, -0.2) is 0 Å². The van der Waals surface area contributed by atoms with E-state index in [9.17, 15) is 0 Å². The minimum Gasteiger partial charge on any atom is -0.381 e. The Hall–Kier alpha value is -0.930. The second-order valence-electron chi connectivity index (χ2n) is 4.90. The average Bonchev–Trinajstić information content (AvgIpc) is 2.40. The Bertz CT molecular complexity index is 328. The Kier molecular flexibility index (Phi) is 4.51. The van der Waals surface area contributed by atoms with Crippen molar-refractivity contribution in [2.24, 2.45) is 0 Å². The number of hydrogen-bond donors (Lipinski definition) is 1. The van der Waals surface area contributed by atoms with E-state index in [1.807, 2.05) is 25.6 Å². The lowest BCUT2D eigenvalue weighted by Crippen LogP contribution is -2.38. The largest absolute Gasteiger partial charge is 0.381 e. The van der Waals surface area contributed by atoms with E-state index in [0.717, 1.165) is 6.42 Å². The number of pyridine rings is 1. The quantitative estimate of drug-likeness (QED) is 0.869. The molecule has 1 N–H and O–H groups in total. The number of nitrogens with zero attached hydrogens (tertiary/aromatic N) is 1. The lowest BCUT2D eigenvalue weighted by atomic mass is 9.92. The molecule has 0 spiro atoms. The number of methoxy groups -OCH3 is 1. The molecule has 2 rings (SSSR count). The molecule has 1 aliphatic carbocycles. The van der Waals surface area contributed by atoms with Gasteiger partial charge < -0.3 is 10.1 Å². The summed E-state index contributed by atoms with van der Waals surface area (Å²) in [4.78, 5) is 4.17. The third kappa shape index (κ3) is 3.51. The molecule has 1 aliphatic rings. The van der Waals surface area contributed by atoms with Crippen molar-refractivity contribution >= 4 is 0 Å². The highest BCUT2D eigenvalue weighted by atomic mass is 16.5. The molecule has 1 saturated carbocycles. The van der Waals surface area contributed by atoms with Gasteiger partial charge in [-0.15, -0.1) is 0 Å². The zero-order valence-electron chi connectivity index (χ0n) is 10.7. The van der Waals surface area contributed by atoms with Gasteiger partial charge in [0.1, 0.15) is 0 Å². The molecule has 0 aliphatic heterocycles. The number of nitrogens with one attached hydrogen (secondary N) is 1. The maximum Gasteiger partial charge on any atom is 0.0586 e. The van der Waals surface area contributed by atoms with Crippen molar-refractivity contribution in [2.45, 2.75) is 50.8 Å². The Balaban J connectivity index is 1.88. The van der Waals surface area contributed by atoms with E-state index >= 15 is 0 Å². The summed E-state index contributed by atoms with van der Waals surface area (Å²) in [7, 11) is 1.82. The fraction of sp³-hybridized carbons (Fsp3) is 0.643. The number of hydrogen-bond acceptors (Lipinski definition) is 3. The molecule has 17 heavy (non-hydrogen) atoms. The van der Waals surface area contributed by atoms with Crippen molar-refractivity contribution in [3.05, 3.63) is 30.1 Å². The summed E-state index contributed by atoms with van der Waals surface area (Å²) in [6, 6.07) is 5.06. The Morgan fingerprint density at radius 2 is 2.35 bits per heavy atom. The molecule has 1 fully saturated rings. The van der Waals surface area contributed by atoms with E-state index in [2.05, 4.69) is 23.3 Å². The zero-order chi connectivity index (χ0) is 12.1. The van der Waals surface area contributed by atoms with Crippen molar-refractivity contribution < 1.29 is 4.74 Å². The van der Waals surface area contributed by atoms with E-state index in [0.29, 0.717) is 18.2 Å². The van der Waals surface area contributed by atoms with Crippen LogP contribution >= 0.6 is 0 Å². The van der Waals surface area contributed by atoms with Crippen LogP contribution in [0.4, 0.5) is 0 Å². The third-order valence-corrected chi connectivity index (χ3v) is 3.63. The van der Waals surface area contributed by atoms with Crippen LogP contribution < -0.4 is 5.32 Å². The first kappa shape index (κ1) is 12.5. The maximum absolute atomic E-state index is 5.46. The Labute approximate surface area is 104 Å². The smallest absolute Gasteiger partial charge is 0.0586 e. The van der Waals surface area contributed by atoms with E-state index in [-0.39, 0.29) is 0 Å². The van der Waals surface area contributed by atoms with Gasteiger partial charge in [-0.2, -0.15) is 0 Å². The van der Waals surface area contributed by atoms with Crippen LogP contribution in [-0.4, -0.2) is 24.2 Å². The van der Waals surface area contributed by atoms with Gasteiger partial charge in [-0.3, -0.25) is 4.98 Å². The highest BCUT2D eigenvalue weighted by Gasteiger charge is 2.22. The molecule has 0 radical (unpaired) electrons. The van der Waals surface area contributed by atoms with Crippen molar-refractivity contribution in [3.63, 3.8) is 0 Å². The zero-order valence-corrected chi connectivity index (χ0v) is 10.7. The second-order valence-corrected chi connectivity index (χ2v) is 4.90. The summed E-state index contributed by atoms with van der Waals surface area (Å²) in [5, 5.41) is 3.68. The van der Waals surface area contributed by atoms with Crippen molar-refractivity contribution in [3.8, 4) is 0 Å². The fourth-order valence-corrected chi connectivity index (χ4v) is 2.59. The van der Waals surface area contributed by atoms with Gasteiger partial charge in [-0.1, -0.05) is 6.07 Å². The van der Waals surface area contributed by atoms with Gasteiger partial charge in [0, 0.05) is 31.6 Å². The minimum absolute atomic E-state index is 0.365. The molecule has 0 saturated heterocycles. The molecule has 1 aromatic rings. The van der Waals surface area contributed by atoms with E-state index in [4.69, 9.17) is 4.74 Å². The summed E-state index contributed by atoms with van der Waals surface area (Å²) in [5.74, 6) is 0. The molecule has 0 aromatic carbocycles. The number of aromatic nitrogens is 1. The highest BCUT2D eigenvalue weighted by Crippen LogP contribution is 2.23. The van der Waals surface area contributed by atoms with Crippen LogP contribution in [0.25, 0.3) is 0 Å². The molecule has 0 amide bonds. The molecule has 3 heteroatoms. The Morgan fingerprint density at radius 3 is 3.06 bits per heavy atom. The van der Waals surface area contributed by atoms with E-state index < -0.39 is 0 Å². The summed E-state index contributed by atoms with van der Waals surface area (Å²) >= 11 is 0. The fourth-order valence-electron chi connectivity index (χ4n) is 2.59. The summed E-state index contributed by atoms with van der Waals surface area (Å²) in [6.45, 7) is 2.20. The molecular formula is C14H22N2O. The monoisotopic (exact) mass is 234 g/mol. The van der Waals surface area contributed by atoms with Gasteiger partial charge in [0.25, 0.3) is 0 Å². The first-order valence-corrected chi connectivity index (χ1v) is 6.48. The van der Waals surface area contributed by atoms with Gasteiger partial charge in [0.05, 0.1) is 6.10 Å². The predicted molar refractivity (Wildman–Crippen MR) is 68.8 cm³/mol. The average molecular weight is 234 g/mol. The van der Waals surface area contributed by atoms with Crippen LogP contribution in [0.3, 0.4) is 0 Å². The molecule has 0 bridgehead atoms. The van der Waals surface area contributed by atoms with Gasteiger partial charge >= 0.3 is 0 Å². The van der Waals surface area contributed by atoms with Gasteiger partial charge in [0.2, 0.25) is 0 Å². The third-order valence-electron chi connectivity index (χ3n) is 3.63. The van der Waals surface area contributed by atoms with Crippen LogP contribution in [0.2, 0.25) is 0 Å². The molecule has 3 atom stereocenters. The van der Waals surface area contributed by atoms with Crippen LogP contribution in [0, 0.1) is 0 Å². The SMILES string of the molecule is COC1CCCC(NC(C)c2cccnc2)C1. The second kappa shape index (κ2) is 6.12. The van der Waals surface area contributed by atoms with Crippen LogP contribution in [0.5, 0.6) is 0 Å². The van der Waals surface area contributed by atoms with Crippen LogP contribution in [0.15, 0.2) is 24.5 Å². The first-order valence-electron chi connectivity index (χ1n) is 6.48. The summed E-state index contributed by atoms with van der Waals surface area (Å²) < 4.78 is 5.46. The van der Waals surface area contributed by atoms with Crippen molar-refractivity contribution in [2.75, 3.05) is 7.11 Å². The number of ether oxygens (including phenoxy) is 1. The summed E-state index contributed by atoms with van der Waals surface area (Å²) in [5.41, 5.74) is 1.26. The lowest BCUT2D eigenvalue weighted by Gasteiger charge is -2.31. The maximum atomic E-state index is 5.46.